The Kier molecular flexibility index (Phi) is 6.72. The van der Waals surface area contributed by atoms with Gasteiger partial charge in [0.05, 0.1) is 6.61 Å². The van der Waals surface area contributed by atoms with E-state index >= 15 is 0 Å². The van der Waals surface area contributed by atoms with Gasteiger partial charge in [0.25, 0.3) is 0 Å². The first-order valence-electron chi connectivity index (χ1n) is 8.78. The predicted octanol–water partition coefficient (Wildman–Crippen LogP) is 4.77. The van der Waals surface area contributed by atoms with Gasteiger partial charge in [0, 0.05) is 24.2 Å². The van der Waals surface area contributed by atoms with Gasteiger partial charge in [0.2, 0.25) is 0 Å². The Balaban J connectivity index is 2.46. The number of ether oxygens (including phenoxy) is 1. The Hall–Kier alpha value is -2.89. The van der Waals surface area contributed by atoms with Crippen LogP contribution in [0.15, 0.2) is 58.0 Å². The van der Waals surface area contributed by atoms with Crippen LogP contribution in [0, 0.1) is 0 Å². The first-order valence-corrected chi connectivity index (χ1v) is 8.78. The minimum atomic E-state index is -0.527. The second-order valence-electron chi connectivity index (χ2n) is 5.68. The summed E-state index contributed by atoms with van der Waals surface area (Å²) in [7, 11) is 0. The number of aromatic hydroxyl groups is 1. The van der Waals surface area contributed by atoms with Gasteiger partial charge in [0.15, 0.2) is 11.4 Å². The van der Waals surface area contributed by atoms with Gasteiger partial charge >= 0.3 is 5.97 Å². The molecule has 0 saturated carbocycles. The molecule has 26 heavy (non-hydrogen) atoms. The normalized spacial score (nSPS) is 12.3. The van der Waals surface area contributed by atoms with Crippen molar-refractivity contribution in [2.24, 2.45) is 10.2 Å². The fourth-order valence-corrected chi connectivity index (χ4v) is 2.74. The third-order valence-electron chi connectivity index (χ3n) is 4.19. The Morgan fingerprint density at radius 1 is 1.12 bits per heavy atom. The summed E-state index contributed by atoms with van der Waals surface area (Å²) in [6.07, 6.45) is 0. The molecule has 0 aliphatic heterocycles. The molecule has 0 fully saturated rings. The molecule has 6 nitrogen and oxygen atoms in total. The van der Waals surface area contributed by atoms with Crippen molar-refractivity contribution in [2.75, 3.05) is 19.7 Å². The number of carbonyl (C=O) groups excluding carboxylic acids is 1. The third kappa shape index (κ3) is 4.20. The van der Waals surface area contributed by atoms with Crippen LogP contribution in [0.4, 0.5) is 5.69 Å². The fourth-order valence-electron chi connectivity index (χ4n) is 2.74. The quantitative estimate of drug-likeness (QED) is 0.441. The maximum Gasteiger partial charge on any atom is 0.360 e. The van der Waals surface area contributed by atoms with Crippen LogP contribution in [0.2, 0.25) is 0 Å². The molecule has 0 aromatic heterocycles. The number of benzene rings is 2. The fraction of sp³-hybridized carbons (Fsp3) is 0.350. The molecular formula is C20H25N3O3. The summed E-state index contributed by atoms with van der Waals surface area (Å²) in [4.78, 5) is 14.3. The number of esters is 1. The van der Waals surface area contributed by atoms with E-state index in [0.29, 0.717) is 16.8 Å². The second-order valence-corrected chi connectivity index (χ2v) is 5.68. The van der Waals surface area contributed by atoms with Crippen LogP contribution in [0.5, 0.6) is 5.75 Å². The smallest absolute Gasteiger partial charge is 0.360 e. The molecule has 0 spiro atoms. The SMILES string of the molecule is CCOC(=O)C(N=Nc1ccc2ccccc2c1O)=C(C)N(CC)CC. The van der Waals surface area contributed by atoms with Crippen LogP contribution < -0.4 is 0 Å². The van der Waals surface area contributed by atoms with Gasteiger partial charge in [-0.05, 0) is 39.1 Å². The summed E-state index contributed by atoms with van der Waals surface area (Å²) in [6.45, 7) is 9.30. The van der Waals surface area contributed by atoms with E-state index < -0.39 is 5.97 Å². The molecule has 0 atom stereocenters. The summed E-state index contributed by atoms with van der Waals surface area (Å²) < 4.78 is 5.11. The Morgan fingerprint density at radius 3 is 2.46 bits per heavy atom. The van der Waals surface area contributed by atoms with Crippen molar-refractivity contribution in [2.45, 2.75) is 27.7 Å². The van der Waals surface area contributed by atoms with E-state index in [0.717, 1.165) is 18.5 Å². The zero-order chi connectivity index (χ0) is 19.1. The van der Waals surface area contributed by atoms with Crippen molar-refractivity contribution in [3.63, 3.8) is 0 Å². The summed E-state index contributed by atoms with van der Waals surface area (Å²) in [5.74, 6) is -0.489. The zero-order valence-electron chi connectivity index (χ0n) is 15.7. The van der Waals surface area contributed by atoms with Gasteiger partial charge in [-0.2, -0.15) is 0 Å². The molecule has 0 aliphatic rings. The summed E-state index contributed by atoms with van der Waals surface area (Å²) >= 11 is 0. The molecule has 0 amide bonds. The number of carbonyl (C=O) groups is 1. The number of hydrogen-bond acceptors (Lipinski definition) is 6. The lowest BCUT2D eigenvalue weighted by Gasteiger charge is -2.22. The summed E-state index contributed by atoms with van der Waals surface area (Å²) in [6, 6.07) is 11.0. The highest BCUT2D eigenvalue weighted by Crippen LogP contribution is 2.35. The number of rotatable bonds is 7. The Morgan fingerprint density at radius 2 is 1.81 bits per heavy atom. The number of allylic oxidation sites excluding steroid dienone is 1. The molecule has 2 aromatic carbocycles. The van der Waals surface area contributed by atoms with Crippen molar-refractivity contribution in [1.82, 2.24) is 4.90 Å². The van der Waals surface area contributed by atoms with E-state index in [1.165, 1.54) is 0 Å². The standard InChI is InChI=1S/C20H25N3O3/c1-5-23(6-2)14(4)18(20(25)26-7-3)22-21-17-13-12-15-10-8-9-11-16(15)19(17)24/h8-13,24H,5-7H2,1-4H3. The summed E-state index contributed by atoms with van der Waals surface area (Å²) in [5, 5.41) is 20.3. The molecular weight excluding hydrogens is 330 g/mol. The summed E-state index contributed by atoms with van der Waals surface area (Å²) in [5.41, 5.74) is 1.14. The number of fused-ring (bicyclic) bond motifs is 1. The third-order valence-corrected chi connectivity index (χ3v) is 4.19. The van der Waals surface area contributed by atoms with Gasteiger partial charge < -0.3 is 14.7 Å². The maximum absolute atomic E-state index is 12.3. The van der Waals surface area contributed by atoms with Gasteiger partial charge in [-0.25, -0.2) is 4.79 Å². The molecule has 0 aliphatic carbocycles. The van der Waals surface area contributed by atoms with Crippen LogP contribution in [-0.2, 0) is 9.53 Å². The lowest BCUT2D eigenvalue weighted by molar-refractivity contribution is -0.138. The van der Waals surface area contributed by atoms with E-state index in [-0.39, 0.29) is 18.1 Å². The molecule has 0 radical (unpaired) electrons. The van der Waals surface area contributed by atoms with Crippen LogP contribution in [0.25, 0.3) is 10.8 Å². The Bertz CT molecular complexity index is 839. The Labute approximate surface area is 153 Å². The number of azo groups is 1. The van der Waals surface area contributed by atoms with Crippen molar-refractivity contribution >= 4 is 22.4 Å². The van der Waals surface area contributed by atoms with E-state index in [1.807, 2.05) is 56.0 Å². The van der Waals surface area contributed by atoms with Crippen LogP contribution in [-0.4, -0.2) is 35.7 Å². The average Bonchev–Trinajstić information content (AvgIpc) is 2.65. The minimum Gasteiger partial charge on any atom is -0.505 e. The molecule has 0 saturated heterocycles. The van der Waals surface area contributed by atoms with Gasteiger partial charge in [-0.15, -0.1) is 10.2 Å². The van der Waals surface area contributed by atoms with Gasteiger partial charge in [-0.1, -0.05) is 30.3 Å². The van der Waals surface area contributed by atoms with Crippen LogP contribution >= 0.6 is 0 Å². The highest BCUT2D eigenvalue weighted by molar-refractivity contribution is 5.92. The van der Waals surface area contributed by atoms with Crippen LogP contribution in [0.3, 0.4) is 0 Å². The van der Waals surface area contributed by atoms with Crippen molar-refractivity contribution in [1.29, 1.82) is 0 Å². The zero-order valence-corrected chi connectivity index (χ0v) is 15.7. The largest absolute Gasteiger partial charge is 0.505 e. The lowest BCUT2D eigenvalue weighted by atomic mass is 10.1. The molecule has 6 heteroatoms. The van der Waals surface area contributed by atoms with E-state index in [2.05, 4.69) is 10.2 Å². The van der Waals surface area contributed by atoms with Crippen molar-refractivity contribution < 1.29 is 14.6 Å². The molecule has 2 aromatic rings. The minimum absolute atomic E-state index is 0.0375. The molecule has 0 unspecified atom stereocenters. The number of hydrogen-bond donors (Lipinski definition) is 1. The van der Waals surface area contributed by atoms with Crippen LogP contribution in [0.1, 0.15) is 27.7 Å². The maximum atomic E-state index is 12.3. The highest BCUT2D eigenvalue weighted by atomic mass is 16.5. The predicted molar refractivity (Wildman–Crippen MR) is 102 cm³/mol. The molecule has 0 heterocycles. The van der Waals surface area contributed by atoms with Crippen molar-refractivity contribution in [3.8, 4) is 5.75 Å². The topological polar surface area (TPSA) is 74.5 Å². The molecule has 0 bridgehead atoms. The van der Waals surface area contributed by atoms with Crippen molar-refractivity contribution in [3.05, 3.63) is 47.8 Å². The number of nitrogens with zero attached hydrogens (tertiary/aromatic N) is 3. The molecule has 1 N–H and O–H groups in total. The lowest BCUT2D eigenvalue weighted by Crippen LogP contribution is -2.24. The highest BCUT2D eigenvalue weighted by Gasteiger charge is 2.18. The number of phenols is 1. The average molecular weight is 355 g/mol. The van der Waals surface area contributed by atoms with Gasteiger partial charge in [0.1, 0.15) is 5.69 Å². The van der Waals surface area contributed by atoms with E-state index in [4.69, 9.17) is 4.74 Å². The van der Waals surface area contributed by atoms with Gasteiger partial charge in [-0.3, -0.25) is 0 Å². The molecule has 138 valence electrons. The number of phenolic OH excluding ortho intramolecular Hbond substituents is 1. The first kappa shape index (κ1) is 19.4. The first-order chi connectivity index (χ1) is 12.5. The second kappa shape index (κ2) is 8.99. The monoisotopic (exact) mass is 355 g/mol. The van der Waals surface area contributed by atoms with E-state index in [1.54, 1.807) is 13.0 Å². The van der Waals surface area contributed by atoms with E-state index in [9.17, 15) is 9.90 Å². The molecule has 2 rings (SSSR count).